The fourth-order valence-electron chi connectivity index (χ4n) is 2.19. The van der Waals surface area contributed by atoms with Crippen LogP contribution in [0.25, 0.3) is 0 Å². The highest BCUT2D eigenvalue weighted by Crippen LogP contribution is 2.26. The molecule has 1 N–H and O–H groups in total. The Hall–Kier alpha value is -2.01. The topological polar surface area (TPSA) is 34.2 Å². The van der Waals surface area contributed by atoms with Gasteiger partial charge in [0, 0.05) is 17.8 Å². The van der Waals surface area contributed by atoms with Gasteiger partial charge in [0.25, 0.3) is 0 Å². The van der Waals surface area contributed by atoms with Gasteiger partial charge >= 0.3 is 0 Å². The maximum atomic E-state index is 14.0. The largest absolute Gasteiger partial charge is 0.492 e. The maximum Gasteiger partial charge on any atom is 0.137 e. The van der Waals surface area contributed by atoms with Crippen molar-refractivity contribution in [2.45, 2.75) is 19.9 Å². The van der Waals surface area contributed by atoms with E-state index < -0.39 is 17.7 Å². The summed E-state index contributed by atoms with van der Waals surface area (Å²) >= 11 is 0. The summed E-state index contributed by atoms with van der Waals surface area (Å²) in [5.41, 5.74) is 1.15. The first kappa shape index (κ1) is 15.4. The average Bonchev–Trinajstić information content (AvgIpc) is 2.46. The molecule has 2 rings (SSSR count). The van der Waals surface area contributed by atoms with E-state index in [-0.39, 0.29) is 0 Å². The third-order valence-corrected chi connectivity index (χ3v) is 3.06. The van der Waals surface area contributed by atoms with Crippen LogP contribution in [0.5, 0.6) is 5.75 Å². The fraction of sp³-hybridized carbons (Fsp3) is 0.312. The normalized spacial score (nSPS) is 12.2. The van der Waals surface area contributed by atoms with E-state index in [0.29, 0.717) is 24.5 Å². The predicted octanol–water partition coefficient (Wildman–Crippen LogP) is 3.46. The molecule has 0 aliphatic rings. The lowest BCUT2D eigenvalue weighted by atomic mass is 9.99. The van der Waals surface area contributed by atoms with E-state index in [2.05, 4.69) is 10.3 Å². The second-order valence-corrected chi connectivity index (χ2v) is 4.54. The van der Waals surface area contributed by atoms with E-state index in [9.17, 15) is 8.78 Å². The molecule has 0 bridgehead atoms. The van der Waals surface area contributed by atoms with Gasteiger partial charge in [-0.15, -0.1) is 0 Å². The molecule has 112 valence electrons. The van der Waals surface area contributed by atoms with Crippen molar-refractivity contribution in [1.29, 1.82) is 0 Å². The monoisotopic (exact) mass is 292 g/mol. The highest BCUT2D eigenvalue weighted by atomic mass is 19.1. The number of rotatable bonds is 6. The predicted molar refractivity (Wildman–Crippen MR) is 77.3 cm³/mol. The Morgan fingerprint density at radius 1 is 1.19 bits per heavy atom. The van der Waals surface area contributed by atoms with Gasteiger partial charge in [-0.1, -0.05) is 13.0 Å². The molecular formula is C16H18F2N2O. The number of halogens is 2. The van der Waals surface area contributed by atoms with Gasteiger partial charge in [0.2, 0.25) is 0 Å². The van der Waals surface area contributed by atoms with Crippen LogP contribution in [0.1, 0.15) is 31.0 Å². The Balaban J connectivity index is 2.40. The molecule has 0 amide bonds. The number of nitrogens with one attached hydrogen (secondary N) is 1. The lowest BCUT2D eigenvalue weighted by Gasteiger charge is -2.20. The molecular weight excluding hydrogens is 274 g/mol. The number of aromatic nitrogens is 1. The van der Waals surface area contributed by atoms with Crippen LogP contribution < -0.4 is 10.1 Å². The molecule has 0 aliphatic carbocycles. The first-order valence-corrected chi connectivity index (χ1v) is 6.91. The summed E-state index contributed by atoms with van der Waals surface area (Å²) in [4.78, 5) is 4.12. The van der Waals surface area contributed by atoms with E-state index >= 15 is 0 Å². The van der Waals surface area contributed by atoms with E-state index in [1.165, 1.54) is 12.1 Å². The van der Waals surface area contributed by atoms with Crippen molar-refractivity contribution in [1.82, 2.24) is 10.3 Å². The van der Waals surface area contributed by atoms with Gasteiger partial charge < -0.3 is 10.1 Å². The SMILES string of the molecule is CCNC(c1cncc(OCC)c1)c1ccc(F)cc1F. The van der Waals surface area contributed by atoms with Crippen molar-refractivity contribution in [2.24, 2.45) is 0 Å². The summed E-state index contributed by atoms with van der Waals surface area (Å²) in [5, 5.41) is 3.19. The average molecular weight is 292 g/mol. The fourth-order valence-corrected chi connectivity index (χ4v) is 2.19. The van der Waals surface area contributed by atoms with Crippen LogP contribution in [0.2, 0.25) is 0 Å². The van der Waals surface area contributed by atoms with Crippen molar-refractivity contribution in [2.75, 3.05) is 13.2 Å². The van der Waals surface area contributed by atoms with Crippen LogP contribution >= 0.6 is 0 Å². The number of ether oxygens (including phenoxy) is 1. The van der Waals surface area contributed by atoms with Gasteiger partial charge in [-0.05, 0) is 31.2 Å². The quantitative estimate of drug-likeness (QED) is 0.885. The molecule has 1 heterocycles. The number of pyridine rings is 1. The van der Waals surface area contributed by atoms with Crippen molar-refractivity contribution < 1.29 is 13.5 Å². The summed E-state index contributed by atoms with van der Waals surface area (Å²) in [6, 6.07) is 5.00. The molecule has 2 aromatic rings. The molecule has 1 unspecified atom stereocenters. The third-order valence-electron chi connectivity index (χ3n) is 3.06. The Morgan fingerprint density at radius 3 is 2.67 bits per heavy atom. The Labute approximate surface area is 123 Å². The zero-order valence-electron chi connectivity index (χ0n) is 12.1. The standard InChI is InChI=1S/C16H18F2N2O/c1-3-20-16(14-6-5-12(17)8-15(14)18)11-7-13(21-4-2)10-19-9-11/h5-10,16,20H,3-4H2,1-2H3. The molecule has 5 heteroatoms. The summed E-state index contributed by atoms with van der Waals surface area (Å²) in [6.45, 7) is 4.98. The van der Waals surface area contributed by atoms with Crippen LogP contribution in [0, 0.1) is 11.6 Å². The van der Waals surface area contributed by atoms with E-state index in [1.807, 2.05) is 19.9 Å². The minimum atomic E-state index is -0.590. The van der Waals surface area contributed by atoms with Gasteiger partial charge in [0.05, 0.1) is 18.8 Å². The molecule has 0 fully saturated rings. The zero-order chi connectivity index (χ0) is 15.2. The van der Waals surface area contributed by atoms with Crippen molar-refractivity contribution in [3.8, 4) is 5.75 Å². The van der Waals surface area contributed by atoms with Crippen LogP contribution in [-0.4, -0.2) is 18.1 Å². The molecule has 1 aromatic carbocycles. The Morgan fingerprint density at radius 2 is 2.00 bits per heavy atom. The molecule has 1 atom stereocenters. The molecule has 0 saturated carbocycles. The lowest BCUT2D eigenvalue weighted by Crippen LogP contribution is -2.23. The first-order valence-electron chi connectivity index (χ1n) is 6.91. The van der Waals surface area contributed by atoms with Crippen molar-refractivity contribution in [3.63, 3.8) is 0 Å². The summed E-state index contributed by atoms with van der Waals surface area (Å²) in [5.74, 6) is -0.545. The second-order valence-electron chi connectivity index (χ2n) is 4.54. The molecule has 1 aromatic heterocycles. The number of benzene rings is 1. The number of hydrogen-bond acceptors (Lipinski definition) is 3. The summed E-state index contributed by atoms with van der Waals surface area (Å²) in [7, 11) is 0. The van der Waals surface area contributed by atoms with Gasteiger partial charge in [-0.2, -0.15) is 0 Å². The highest BCUT2D eigenvalue weighted by Gasteiger charge is 2.18. The van der Waals surface area contributed by atoms with Crippen molar-refractivity contribution in [3.05, 3.63) is 59.4 Å². The minimum absolute atomic E-state index is 0.383. The Kier molecular flexibility index (Phi) is 5.22. The third kappa shape index (κ3) is 3.76. The van der Waals surface area contributed by atoms with Gasteiger partial charge in [0.15, 0.2) is 0 Å². The Bertz CT molecular complexity index is 605. The molecule has 0 spiro atoms. The lowest BCUT2D eigenvalue weighted by molar-refractivity contribution is 0.338. The van der Waals surface area contributed by atoms with Crippen LogP contribution in [-0.2, 0) is 0 Å². The van der Waals surface area contributed by atoms with Crippen LogP contribution in [0.3, 0.4) is 0 Å². The number of hydrogen-bond donors (Lipinski definition) is 1. The molecule has 3 nitrogen and oxygen atoms in total. The molecule has 0 radical (unpaired) electrons. The van der Waals surface area contributed by atoms with Crippen LogP contribution in [0.15, 0.2) is 36.7 Å². The van der Waals surface area contributed by atoms with E-state index in [4.69, 9.17) is 4.74 Å². The summed E-state index contributed by atoms with van der Waals surface area (Å²) in [6.07, 6.45) is 3.26. The zero-order valence-corrected chi connectivity index (χ0v) is 12.1. The summed E-state index contributed by atoms with van der Waals surface area (Å²) < 4.78 is 32.5. The van der Waals surface area contributed by atoms with E-state index in [0.717, 1.165) is 11.6 Å². The highest BCUT2D eigenvalue weighted by molar-refractivity contribution is 5.35. The van der Waals surface area contributed by atoms with Gasteiger partial charge in [0.1, 0.15) is 17.4 Å². The molecule has 0 saturated heterocycles. The second kappa shape index (κ2) is 7.13. The van der Waals surface area contributed by atoms with Crippen molar-refractivity contribution >= 4 is 0 Å². The van der Waals surface area contributed by atoms with Crippen LogP contribution in [0.4, 0.5) is 8.78 Å². The van der Waals surface area contributed by atoms with Gasteiger partial charge in [-0.25, -0.2) is 8.78 Å². The van der Waals surface area contributed by atoms with Gasteiger partial charge in [-0.3, -0.25) is 4.98 Å². The number of nitrogens with zero attached hydrogens (tertiary/aromatic N) is 1. The molecule has 21 heavy (non-hydrogen) atoms. The molecule has 0 aliphatic heterocycles. The smallest absolute Gasteiger partial charge is 0.137 e. The minimum Gasteiger partial charge on any atom is -0.492 e. The first-order chi connectivity index (χ1) is 10.2. The van der Waals surface area contributed by atoms with E-state index in [1.54, 1.807) is 12.4 Å². The maximum absolute atomic E-state index is 14.0.